The Labute approximate surface area is 153 Å². The molecule has 2 N–H and O–H groups in total. The van der Waals surface area contributed by atoms with Crippen LogP contribution in [0, 0.1) is 18.7 Å². The standard InChI is InChI=1S/C20H25FN4O/c1-14-7-9-24(10-8-14)13-16-4-6-18(21)19(11-16)25(20(22)26)17-5-3-15(2)23-12-17/h3-6,11-12,14H,7-10,13H2,1-2H3,(H2,22,26). The van der Waals surface area contributed by atoms with E-state index in [-0.39, 0.29) is 5.69 Å². The minimum absolute atomic E-state index is 0.158. The zero-order valence-corrected chi connectivity index (χ0v) is 15.3. The van der Waals surface area contributed by atoms with Crippen molar-refractivity contribution in [3.8, 4) is 0 Å². The van der Waals surface area contributed by atoms with Crippen LogP contribution in [0.1, 0.15) is 31.0 Å². The summed E-state index contributed by atoms with van der Waals surface area (Å²) in [5.41, 5.74) is 7.92. The van der Waals surface area contributed by atoms with Gasteiger partial charge in [0.1, 0.15) is 5.82 Å². The molecule has 2 heterocycles. The topological polar surface area (TPSA) is 62.5 Å². The molecule has 138 valence electrons. The van der Waals surface area contributed by atoms with Gasteiger partial charge < -0.3 is 5.73 Å². The van der Waals surface area contributed by atoms with Crippen molar-refractivity contribution in [2.45, 2.75) is 33.2 Å². The lowest BCUT2D eigenvalue weighted by molar-refractivity contribution is 0.185. The summed E-state index contributed by atoms with van der Waals surface area (Å²) in [5, 5.41) is 0. The van der Waals surface area contributed by atoms with Gasteiger partial charge in [0.05, 0.1) is 17.6 Å². The smallest absolute Gasteiger partial charge is 0.324 e. The molecule has 26 heavy (non-hydrogen) atoms. The summed E-state index contributed by atoms with van der Waals surface area (Å²) in [4.78, 5) is 19.7. The molecule has 1 aromatic carbocycles. The average Bonchev–Trinajstić information content (AvgIpc) is 2.61. The highest BCUT2D eigenvalue weighted by Gasteiger charge is 2.21. The highest BCUT2D eigenvalue weighted by Crippen LogP contribution is 2.29. The molecule has 0 radical (unpaired) electrons. The molecular formula is C20H25FN4O. The van der Waals surface area contributed by atoms with Crippen LogP contribution in [0.4, 0.5) is 20.6 Å². The summed E-state index contributed by atoms with van der Waals surface area (Å²) in [7, 11) is 0. The van der Waals surface area contributed by atoms with Crippen molar-refractivity contribution >= 4 is 17.4 Å². The number of halogens is 1. The average molecular weight is 356 g/mol. The molecule has 6 heteroatoms. The molecule has 0 atom stereocenters. The quantitative estimate of drug-likeness (QED) is 0.901. The van der Waals surface area contributed by atoms with Crippen molar-refractivity contribution in [1.82, 2.24) is 9.88 Å². The first-order chi connectivity index (χ1) is 12.4. The Bertz CT molecular complexity index is 770. The molecule has 0 bridgehead atoms. The van der Waals surface area contributed by atoms with Crippen molar-refractivity contribution in [3.63, 3.8) is 0 Å². The second kappa shape index (κ2) is 7.83. The molecule has 1 aliphatic heterocycles. The number of nitrogens with two attached hydrogens (primary N) is 1. The fraction of sp³-hybridized carbons (Fsp3) is 0.400. The predicted molar refractivity (Wildman–Crippen MR) is 101 cm³/mol. The Hall–Kier alpha value is -2.47. The van der Waals surface area contributed by atoms with Crippen LogP contribution in [0.5, 0.6) is 0 Å². The number of hydrogen-bond donors (Lipinski definition) is 1. The van der Waals surface area contributed by atoms with Crippen molar-refractivity contribution in [1.29, 1.82) is 0 Å². The van der Waals surface area contributed by atoms with Gasteiger partial charge in [0, 0.05) is 12.2 Å². The molecule has 3 rings (SSSR count). The van der Waals surface area contributed by atoms with Crippen LogP contribution < -0.4 is 10.6 Å². The van der Waals surface area contributed by atoms with Crippen LogP contribution in [0.3, 0.4) is 0 Å². The maximum Gasteiger partial charge on any atom is 0.324 e. The fourth-order valence-electron chi connectivity index (χ4n) is 3.28. The van der Waals surface area contributed by atoms with Gasteiger partial charge in [0.2, 0.25) is 0 Å². The number of anilines is 2. The molecule has 1 saturated heterocycles. The Morgan fingerprint density at radius 3 is 2.65 bits per heavy atom. The molecule has 0 saturated carbocycles. The third kappa shape index (κ3) is 4.19. The van der Waals surface area contributed by atoms with Gasteiger partial charge in [0.25, 0.3) is 0 Å². The maximum atomic E-state index is 14.5. The number of primary amides is 1. The summed E-state index contributed by atoms with van der Waals surface area (Å²) in [5.74, 6) is 0.273. The van der Waals surface area contributed by atoms with E-state index in [1.54, 1.807) is 24.3 Å². The number of aromatic nitrogens is 1. The van der Waals surface area contributed by atoms with E-state index in [0.717, 1.165) is 36.8 Å². The van der Waals surface area contributed by atoms with Gasteiger partial charge in [-0.1, -0.05) is 13.0 Å². The van der Waals surface area contributed by atoms with E-state index in [9.17, 15) is 9.18 Å². The number of likely N-dealkylation sites (tertiary alicyclic amines) is 1. The van der Waals surface area contributed by atoms with Crippen LogP contribution in [-0.2, 0) is 6.54 Å². The van der Waals surface area contributed by atoms with Crippen LogP contribution in [-0.4, -0.2) is 29.0 Å². The number of carbonyl (C=O) groups is 1. The highest BCUT2D eigenvalue weighted by molar-refractivity contribution is 5.98. The van der Waals surface area contributed by atoms with Gasteiger partial charge in [-0.15, -0.1) is 0 Å². The zero-order valence-electron chi connectivity index (χ0n) is 15.3. The molecule has 2 amide bonds. The predicted octanol–water partition coefficient (Wildman–Crippen LogP) is 3.98. The molecule has 1 fully saturated rings. The Balaban J connectivity index is 1.87. The van der Waals surface area contributed by atoms with Gasteiger partial charge in [-0.05, 0) is 68.6 Å². The summed E-state index contributed by atoms with van der Waals surface area (Å²) in [6.45, 7) is 6.93. The Morgan fingerprint density at radius 2 is 2.04 bits per heavy atom. The molecule has 2 aromatic rings. The van der Waals surface area contributed by atoms with Crippen LogP contribution in [0.25, 0.3) is 0 Å². The van der Waals surface area contributed by atoms with Gasteiger partial charge in [-0.2, -0.15) is 0 Å². The van der Waals surface area contributed by atoms with Gasteiger partial charge in [0.15, 0.2) is 0 Å². The largest absolute Gasteiger partial charge is 0.351 e. The third-order valence-corrected chi connectivity index (χ3v) is 4.91. The van der Waals surface area contributed by atoms with Crippen molar-refractivity contribution in [2.75, 3.05) is 18.0 Å². The van der Waals surface area contributed by atoms with Crippen molar-refractivity contribution in [3.05, 3.63) is 53.6 Å². The molecule has 1 aliphatic rings. The third-order valence-electron chi connectivity index (χ3n) is 4.91. The molecule has 5 nitrogen and oxygen atoms in total. The normalized spacial score (nSPS) is 15.8. The first-order valence-electron chi connectivity index (χ1n) is 8.97. The number of carbonyl (C=O) groups excluding carboxylic acids is 1. The van der Waals surface area contributed by atoms with Crippen LogP contribution in [0.2, 0.25) is 0 Å². The zero-order chi connectivity index (χ0) is 18.7. The molecular weight excluding hydrogens is 331 g/mol. The summed E-state index contributed by atoms with van der Waals surface area (Å²) < 4.78 is 14.5. The number of rotatable bonds is 4. The van der Waals surface area contributed by atoms with E-state index in [2.05, 4.69) is 16.8 Å². The number of amides is 2. The van der Waals surface area contributed by atoms with Gasteiger partial charge in [-0.25, -0.2) is 9.18 Å². The van der Waals surface area contributed by atoms with E-state index in [0.29, 0.717) is 5.69 Å². The number of hydrogen-bond acceptors (Lipinski definition) is 3. The lowest BCUT2D eigenvalue weighted by atomic mass is 9.99. The molecule has 0 spiro atoms. The van der Waals surface area contributed by atoms with Crippen LogP contribution >= 0.6 is 0 Å². The maximum absolute atomic E-state index is 14.5. The van der Waals surface area contributed by atoms with Crippen molar-refractivity contribution < 1.29 is 9.18 Å². The monoisotopic (exact) mass is 356 g/mol. The Kier molecular flexibility index (Phi) is 5.52. The minimum atomic E-state index is -0.737. The number of pyridine rings is 1. The summed E-state index contributed by atoms with van der Waals surface area (Å²) in [6.07, 6.45) is 3.88. The highest BCUT2D eigenvalue weighted by atomic mass is 19.1. The lowest BCUT2D eigenvalue weighted by Crippen LogP contribution is -2.33. The van der Waals surface area contributed by atoms with E-state index >= 15 is 0 Å². The second-order valence-electron chi connectivity index (χ2n) is 7.08. The molecule has 0 aliphatic carbocycles. The molecule has 0 unspecified atom stereocenters. The van der Waals surface area contributed by atoms with E-state index in [4.69, 9.17) is 5.73 Å². The number of piperidine rings is 1. The Morgan fingerprint density at radius 1 is 1.31 bits per heavy atom. The summed E-state index contributed by atoms with van der Waals surface area (Å²) in [6, 6.07) is 7.61. The van der Waals surface area contributed by atoms with E-state index < -0.39 is 11.8 Å². The first-order valence-corrected chi connectivity index (χ1v) is 8.97. The van der Waals surface area contributed by atoms with Gasteiger partial charge in [-0.3, -0.25) is 14.8 Å². The van der Waals surface area contributed by atoms with Gasteiger partial charge >= 0.3 is 6.03 Å². The number of urea groups is 1. The molecule has 1 aromatic heterocycles. The number of nitrogens with zero attached hydrogens (tertiary/aromatic N) is 3. The fourth-order valence-corrected chi connectivity index (χ4v) is 3.28. The summed E-state index contributed by atoms with van der Waals surface area (Å²) >= 11 is 0. The van der Waals surface area contributed by atoms with E-state index in [1.807, 2.05) is 6.92 Å². The number of aryl methyl sites for hydroxylation is 1. The van der Waals surface area contributed by atoms with Crippen LogP contribution in [0.15, 0.2) is 36.5 Å². The minimum Gasteiger partial charge on any atom is -0.351 e. The second-order valence-corrected chi connectivity index (χ2v) is 7.08. The van der Waals surface area contributed by atoms with Crippen molar-refractivity contribution in [2.24, 2.45) is 11.7 Å². The number of benzene rings is 1. The lowest BCUT2D eigenvalue weighted by Gasteiger charge is -2.30. The SMILES string of the molecule is Cc1ccc(N(C(N)=O)c2cc(CN3CCC(C)CC3)ccc2F)cn1. The first kappa shape index (κ1) is 18.3. The van der Waals surface area contributed by atoms with E-state index in [1.165, 1.54) is 30.0 Å².